The van der Waals surface area contributed by atoms with Gasteiger partial charge in [0, 0.05) is 23.5 Å². The highest BCUT2D eigenvalue weighted by Crippen LogP contribution is 2.24. The van der Waals surface area contributed by atoms with Gasteiger partial charge in [-0.3, -0.25) is 0 Å². The summed E-state index contributed by atoms with van der Waals surface area (Å²) in [4.78, 5) is 4.42. The number of nitrogens with one attached hydrogen (secondary N) is 1. The molecule has 1 N–H and O–H groups in total. The van der Waals surface area contributed by atoms with Gasteiger partial charge in [-0.15, -0.1) is 0 Å². The van der Waals surface area contributed by atoms with Gasteiger partial charge in [-0.1, -0.05) is 42.5 Å². The minimum atomic E-state index is -0.265. The minimum Gasteiger partial charge on any atom is -0.489 e. The number of ether oxygens (including phenoxy) is 1. The van der Waals surface area contributed by atoms with Crippen molar-refractivity contribution in [3.8, 4) is 17.0 Å². The SMILES string of the molecule is Fc1cccc(COc2ccc(Nc3ccnc4cc(-c5ccccc5)nn34)cc2)c1. The molecule has 5 nitrogen and oxygen atoms in total. The van der Waals surface area contributed by atoms with Gasteiger partial charge in [-0.25, -0.2) is 9.37 Å². The third kappa shape index (κ3) is 4.23. The highest BCUT2D eigenvalue weighted by atomic mass is 19.1. The number of nitrogens with zero attached hydrogens (tertiary/aromatic N) is 3. The van der Waals surface area contributed by atoms with E-state index in [0.29, 0.717) is 12.4 Å². The molecule has 0 fully saturated rings. The molecule has 2 heterocycles. The Morgan fingerprint density at radius 3 is 2.52 bits per heavy atom. The van der Waals surface area contributed by atoms with Gasteiger partial charge in [-0.2, -0.15) is 9.61 Å². The number of benzene rings is 3. The Hall–Kier alpha value is -4.19. The molecule has 0 unspecified atom stereocenters. The maximum atomic E-state index is 13.3. The first-order chi connectivity index (χ1) is 15.2. The zero-order chi connectivity index (χ0) is 21.0. The second-order valence-corrected chi connectivity index (χ2v) is 7.06. The predicted molar refractivity (Wildman–Crippen MR) is 119 cm³/mol. The number of rotatable bonds is 6. The summed E-state index contributed by atoms with van der Waals surface area (Å²) >= 11 is 0. The molecule has 152 valence electrons. The average Bonchev–Trinajstić information content (AvgIpc) is 3.25. The van der Waals surface area contributed by atoms with Crippen molar-refractivity contribution in [1.29, 1.82) is 0 Å². The van der Waals surface area contributed by atoms with E-state index in [1.165, 1.54) is 12.1 Å². The molecule has 0 radical (unpaired) electrons. The summed E-state index contributed by atoms with van der Waals surface area (Å²) in [5.41, 5.74) is 4.35. The van der Waals surface area contributed by atoms with Crippen molar-refractivity contribution in [2.24, 2.45) is 0 Å². The topological polar surface area (TPSA) is 51.5 Å². The van der Waals surface area contributed by atoms with Gasteiger partial charge in [0.05, 0.1) is 5.69 Å². The van der Waals surface area contributed by atoms with Gasteiger partial charge in [-0.05, 0) is 48.0 Å². The first-order valence-electron chi connectivity index (χ1n) is 9.89. The van der Waals surface area contributed by atoms with Crippen LogP contribution in [-0.2, 0) is 6.61 Å². The Balaban J connectivity index is 1.32. The molecule has 5 rings (SSSR count). The fourth-order valence-corrected chi connectivity index (χ4v) is 3.32. The number of fused-ring (bicyclic) bond motifs is 1. The molecule has 0 saturated heterocycles. The molecule has 2 aromatic heterocycles. The van der Waals surface area contributed by atoms with Crippen LogP contribution in [0, 0.1) is 5.82 Å². The molecular formula is C25H19FN4O. The van der Waals surface area contributed by atoms with Crippen LogP contribution in [0.4, 0.5) is 15.9 Å². The molecular weight excluding hydrogens is 391 g/mol. The number of aromatic nitrogens is 3. The Morgan fingerprint density at radius 1 is 0.871 bits per heavy atom. The molecule has 0 bridgehead atoms. The maximum Gasteiger partial charge on any atom is 0.157 e. The third-order valence-electron chi connectivity index (χ3n) is 4.85. The van der Waals surface area contributed by atoms with Crippen molar-refractivity contribution in [2.75, 3.05) is 5.32 Å². The predicted octanol–water partition coefficient (Wildman–Crippen LogP) is 5.86. The molecule has 0 amide bonds. The number of anilines is 2. The fourth-order valence-electron chi connectivity index (χ4n) is 3.32. The molecule has 0 atom stereocenters. The van der Waals surface area contributed by atoms with Gasteiger partial charge in [0.25, 0.3) is 0 Å². The van der Waals surface area contributed by atoms with Crippen LogP contribution in [0.25, 0.3) is 16.9 Å². The van der Waals surface area contributed by atoms with E-state index >= 15 is 0 Å². The van der Waals surface area contributed by atoms with E-state index in [1.54, 1.807) is 16.8 Å². The zero-order valence-electron chi connectivity index (χ0n) is 16.6. The third-order valence-corrected chi connectivity index (χ3v) is 4.85. The summed E-state index contributed by atoms with van der Waals surface area (Å²) in [5.74, 6) is 1.25. The van der Waals surface area contributed by atoms with Crippen LogP contribution in [0.3, 0.4) is 0 Å². The van der Waals surface area contributed by atoms with Gasteiger partial charge < -0.3 is 10.1 Å². The summed E-state index contributed by atoms with van der Waals surface area (Å²) in [6, 6.07) is 27.9. The second-order valence-electron chi connectivity index (χ2n) is 7.06. The molecule has 0 aliphatic carbocycles. The summed E-state index contributed by atoms with van der Waals surface area (Å²) in [6.45, 7) is 0.311. The Bertz CT molecular complexity index is 1320. The van der Waals surface area contributed by atoms with Gasteiger partial charge in [0.2, 0.25) is 0 Å². The van der Waals surface area contributed by atoms with E-state index in [9.17, 15) is 4.39 Å². The molecule has 0 aliphatic heterocycles. The largest absolute Gasteiger partial charge is 0.489 e. The molecule has 0 aliphatic rings. The van der Waals surface area contributed by atoms with Crippen LogP contribution in [0.2, 0.25) is 0 Å². The van der Waals surface area contributed by atoms with Gasteiger partial charge in [0.15, 0.2) is 5.65 Å². The number of hydrogen-bond acceptors (Lipinski definition) is 4. The molecule has 3 aromatic carbocycles. The number of hydrogen-bond donors (Lipinski definition) is 1. The van der Waals surface area contributed by atoms with Crippen LogP contribution >= 0.6 is 0 Å². The monoisotopic (exact) mass is 410 g/mol. The van der Waals surface area contributed by atoms with Crippen molar-refractivity contribution >= 4 is 17.2 Å². The zero-order valence-corrected chi connectivity index (χ0v) is 16.6. The van der Waals surface area contributed by atoms with Crippen LogP contribution < -0.4 is 10.1 Å². The Kier molecular flexibility index (Phi) is 5.02. The quantitative estimate of drug-likeness (QED) is 0.381. The van der Waals surface area contributed by atoms with E-state index in [4.69, 9.17) is 9.84 Å². The smallest absolute Gasteiger partial charge is 0.157 e. The van der Waals surface area contributed by atoms with Crippen molar-refractivity contribution < 1.29 is 9.13 Å². The normalized spacial score (nSPS) is 10.9. The lowest BCUT2D eigenvalue weighted by atomic mass is 10.2. The van der Waals surface area contributed by atoms with Gasteiger partial charge in [0.1, 0.15) is 24.0 Å². The molecule has 0 spiro atoms. The lowest BCUT2D eigenvalue weighted by Crippen LogP contribution is -2.01. The van der Waals surface area contributed by atoms with Crippen LogP contribution in [0.15, 0.2) is 97.2 Å². The highest BCUT2D eigenvalue weighted by Gasteiger charge is 2.08. The molecule has 0 saturated carbocycles. The molecule has 31 heavy (non-hydrogen) atoms. The Morgan fingerprint density at radius 2 is 1.71 bits per heavy atom. The summed E-state index contributed by atoms with van der Waals surface area (Å²) < 4.78 is 20.8. The highest BCUT2D eigenvalue weighted by molar-refractivity contribution is 5.67. The van der Waals surface area contributed by atoms with Gasteiger partial charge >= 0.3 is 0 Å². The van der Waals surface area contributed by atoms with E-state index < -0.39 is 0 Å². The first-order valence-corrected chi connectivity index (χ1v) is 9.89. The summed E-state index contributed by atoms with van der Waals surface area (Å²) in [7, 11) is 0. The lowest BCUT2D eigenvalue weighted by molar-refractivity contribution is 0.305. The minimum absolute atomic E-state index is 0.265. The lowest BCUT2D eigenvalue weighted by Gasteiger charge is -2.10. The summed E-state index contributed by atoms with van der Waals surface area (Å²) in [5, 5.41) is 8.08. The van der Waals surface area contributed by atoms with Crippen molar-refractivity contribution in [3.63, 3.8) is 0 Å². The fraction of sp³-hybridized carbons (Fsp3) is 0.0400. The van der Waals surface area contributed by atoms with Crippen LogP contribution in [0.1, 0.15) is 5.56 Å². The van der Waals surface area contributed by atoms with Crippen molar-refractivity contribution in [1.82, 2.24) is 14.6 Å². The molecule has 6 heteroatoms. The van der Waals surface area contributed by atoms with Crippen molar-refractivity contribution in [2.45, 2.75) is 6.61 Å². The van der Waals surface area contributed by atoms with E-state index in [-0.39, 0.29) is 5.82 Å². The van der Waals surface area contributed by atoms with Crippen LogP contribution in [0.5, 0.6) is 5.75 Å². The maximum absolute atomic E-state index is 13.3. The van der Waals surface area contributed by atoms with Crippen LogP contribution in [-0.4, -0.2) is 14.6 Å². The molecule has 5 aromatic rings. The van der Waals surface area contributed by atoms with E-state index in [1.807, 2.05) is 72.8 Å². The average molecular weight is 410 g/mol. The summed E-state index contributed by atoms with van der Waals surface area (Å²) in [6.07, 6.45) is 1.75. The van der Waals surface area contributed by atoms with E-state index in [2.05, 4.69) is 10.3 Å². The second kappa shape index (κ2) is 8.28. The standard InChI is InChI=1S/C25H19FN4O/c26-20-8-4-5-18(15-20)17-31-22-11-9-21(10-12-22)28-24-13-14-27-25-16-23(29-30(24)25)19-6-2-1-3-7-19/h1-16,28H,17H2. The van der Waals surface area contributed by atoms with Crippen molar-refractivity contribution in [3.05, 3.63) is 109 Å². The Labute approximate surface area is 178 Å². The number of halogens is 1. The first kappa shape index (κ1) is 18.8. The van der Waals surface area contributed by atoms with E-state index in [0.717, 1.165) is 34.0 Å².